The van der Waals surface area contributed by atoms with E-state index >= 15 is 0 Å². The van der Waals surface area contributed by atoms with Crippen molar-refractivity contribution in [2.75, 3.05) is 0 Å². The highest BCUT2D eigenvalue weighted by atomic mass is 15.3. The number of hydrogen-bond acceptors (Lipinski definition) is 2. The standard InChI is InChI=1S/C16H23N3/c1-11(2)17-9-14-10-19(5)18-16(14)15-8-6-7-12(3)13(15)4/h6-8,10-11,17H,9H2,1-5H3. The molecule has 3 nitrogen and oxygen atoms in total. The molecule has 0 atom stereocenters. The van der Waals surface area contributed by atoms with E-state index in [1.807, 2.05) is 11.7 Å². The minimum atomic E-state index is 0.478. The molecular formula is C16H23N3. The van der Waals surface area contributed by atoms with E-state index in [4.69, 9.17) is 0 Å². The first-order valence-electron chi connectivity index (χ1n) is 6.81. The molecule has 0 bridgehead atoms. The Kier molecular flexibility index (Phi) is 4.05. The van der Waals surface area contributed by atoms with E-state index in [-0.39, 0.29) is 0 Å². The highest BCUT2D eigenvalue weighted by molar-refractivity contribution is 5.67. The van der Waals surface area contributed by atoms with E-state index in [1.165, 1.54) is 22.3 Å². The third-order valence-electron chi connectivity index (χ3n) is 3.47. The lowest BCUT2D eigenvalue weighted by Crippen LogP contribution is -2.21. The summed E-state index contributed by atoms with van der Waals surface area (Å²) in [5.74, 6) is 0. The average Bonchev–Trinajstić information content (AvgIpc) is 2.71. The Balaban J connectivity index is 2.41. The minimum Gasteiger partial charge on any atom is -0.310 e. The fraction of sp³-hybridized carbons (Fsp3) is 0.438. The molecule has 102 valence electrons. The molecule has 1 N–H and O–H groups in total. The lowest BCUT2D eigenvalue weighted by Gasteiger charge is -2.10. The van der Waals surface area contributed by atoms with Gasteiger partial charge in [0.1, 0.15) is 0 Å². The summed E-state index contributed by atoms with van der Waals surface area (Å²) in [4.78, 5) is 0. The van der Waals surface area contributed by atoms with Crippen LogP contribution in [0, 0.1) is 13.8 Å². The van der Waals surface area contributed by atoms with Crippen molar-refractivity contribution < 1.29 is 0 Å². The van der Waals surface area contributed by atoms with E-state index in [9.17, 15) is 0 Å². The van der Waals surface area contributed by atoms with Crippen LogP contribution in [0.3, 0.4) is 0 Å². The summed E-state index contributed by atoms with van der Waals surface area (Å²) in [7, 11) is 1.98. The second-order valence-corrected chi connectivity index (χ2v) is 5.46. The van der Waals surface area contributed by atoms with Crippen LogP contribution in [-0.2, 0) is 13.6 Å². The first-order chi connectivity index (χ1) is 8.99. The number of nitrogens with one attached hydrogen (secondary N) is 1. The topological polar surface area (TPSA) is 29.9 Å². The van der Waals surface area contributed by atoms with E-state index in [2.05, 4.69) is 62.5 Å². The normalized spacial score (nSPS) is 11.3. The number of aryl methyl sites for hydroxylation is 2. The zero-order valence-corrected chi connectivity index (χ0v) is 12.5. The molecule has 0 aliphatic heterocycles. The second kappa shape index (κ2) is 5.57. The quantitative estimate of drug-likeness (QED) is 0.911. The Morgan fingerprint density at radius 1 is 1.26 bits per heavy atom. The molecule has 2 aromatic rings. The van der Waals surface area contributed by atoms with Crippen LogP contribution in [0.25, 0.3) is 11.3 Å². The minimum absolute atomic E-state index is 0.478. The molecule has 0 radical (unpaired) electrons. The Morgan fingerprint density at radius 3 is 2.68 bits per heavy atom. The van der Waals surface area contributed by atoms with Crippen LogP contribution in [0.1, 0.15) is 30.5 Å². The monoisotopic (exact) mass is 257 g/mol. The molecule has 0 saturated heterocycles. The van der Waals surface area contributed by atoms with Crippen LogP contribution in [0.4, 0.5) is 0 Å². The number of aromatic nitrogens is 2. The second-order valence-electron chi connectivity index (χ2n) is 5.46. The van der Waals surface area contributed by atoms with Crippen molar-refractivity contribution >= 4 is 0 Å². The summed E-state index contributed by atoms with van der Waals surface area (Å²) in [5.41, 5.74) is 6.21. The van der Waals surface area contributed by atoms with Gasteiger partial charge in [-0.15, -0.1) is 0 Å². The maximum Gasteiger partial charge on any atom is 0.0970 e. The van der Waals surface area contributed by atoms with Gasteiger partial charge in [-0.3, -0.25) is 4.68 Å². The molecule has 1 heterocycles. The molecule has 2 rings (SSSR count). The molecule has 0 aliphatic carbocycles. The van der Waals surface area contributed by atoms with Crippen molar-refractivity contribution in [3.8, 4) is 11.3 Å². The van der Waals surface area contributed by atoms with Crippen molar-refractivity contribution in [2.24, 2.45) is 7.05 Å². The molecule has 0 unspecified atom stereocenters. The third kappa shape index (κ3) is 3.04. The van der Waals surface area contributed by atoms with Gasteiger partial charge in [-0.2, -0.15) is 5.10 Å². The maximum atomic E-state index is 4.64. The smallest absolute Gasteiger partial charge is 0.0970 e. The summed E-state index contributed by atoms with van der Waals surface area (Å²) in [6, 6.07) is 6.88. The van der Waals surface area contributed by atoms with Crippen LogP contribution in [0.15, 0.2) is 24.4 Å². The Hall–Kier alpha value is -1.61. The number of hydrogen-bond donors (Lipinski definition) is 1. The highest BCUT2D eigenvalue weighted by Gasteiger charge is 2.13. The molecule has 0 spiro atoms. The zero-order valence-electron chi connectivity index (χ0n) is 12.5. The molecule has 1 aromatic heterocycles. The van der Waals surface area contributed by atoms with E-state index < -0.39 is 0 Å². The van der Waals surface area contributed by atoms with Crippen molar-refractivity contribution in [1.82, 2.24) is 15.1 Å². The molecular weight excluding hydrogens is 234 g/mol. The van der Waals surface area contributed by atoms with Gasteiger partial charge in [0.2, 0.25) is 0 Å². The highest BCUT2D eigenvalue weighted by Crippen LogP contribution is 2.27. The van der Waals surface area contributed by atoms with Crippen LogP contribution >= 0.6 is 0 Å². The molecule has 0 amide bonds. The van der Waals surface area contributed by atoms with E-state index in [0.717, 1.165) is 12.2 Å². The van der Waals surface area contributed by atoms with Crippen molar-refractivity contribution in [1.29, 1.82) is 0 Å². The van der Waals surface area contributed by atoms with Gasteiger partial charge in [0.15, 0.2) is 0 Å². The Labute approximate surface area is 115 Å². The number of benzene rings is 1. The van der Waals surface area contributed by atoms with E-state index in [1.54, 1.807) is 0 Å². The van der Waals surface area contributed by atoms with Gasteiger partial charge < -0.3 is 5.32 Å². The predicted octanol–water partition coefficient (Wildman–Crippen LogP) is 3.20. The molecule has 0 aliphatic rings. The van der Waals surface area contributed by atoms with Crippen LogP contribution in [-0.4, -0.2) is 15.8 Å². The van der Waals surface area contributed by atoms with Gasteiger partial charge >= 0.3 is 0 Å². The van der Waals surface area contributed by atoms with Gasteiger partial charge in [0, 0.05) is 37.0 Å². The van der Waals surface area contributed by atoms with Crippen molar-refractivity contribution in [3.63, 3.8) is 0 Å². The summed E-state index contributed by atoms with van der Waals surface area (Å²) >= 11 is 0. The molecule has 3 heteroatoms. The van der Waals surface area contributed by atoms with Gasteiger partial charge in [0.05, 0.1) is 5.69 Å². The summed E-state index contributed by atoms with van der Waals surface area (Å²) in [6.07, 6.45) is 2.10. The van der Waals surface area contributed by atoms with Gasteiger partial charge in [-0.05, 0) is 25.0 Å². The summed E-state index contributed by atoms with van der Waals surface area (Å²) < 4.78 is 1.90. The number of nitrogens with zero attached hydrogens (tertiary/aromatic N) is 2. The lowest BCUT2D eigenvalue weighted by atomic mass is 9.99. The fourth-order valence-electron chi connectivity index (χ4n) is 2.22. The molecule has 1 aromatic carbocycles. The largest absolute Gasteiger partial charge is 0.310 e. The molecule has 0 fully saturated rings. The Bertz CT molecular complexity index is 567. The first kappa shape index (κ1) is 13.8. The predicted molar refractivity (Wildman–Crippen MR) is 80.1 cm³/mol. The Morgan fingerprint density at radius 2 is 2.00 bits per heavy atom. The van der Waals surface area contributed by atoms with Crippen molar-refractivity contribution in [3.05, 3.63) is 41.1 Å². The van der Waals surface area contributed by atoms with Crippen LogP contribution in [0.5, 0.6) is 0 Å². The molecule has 0 saturated carbocycles. The average molecular weight is 257 g/mol. The van der Waals surface area contributed by atoms with E-state index in [0.29, 0.717) is 6.04 Å². The van der Waals surface area contributed by atoms with Crippen molar-refractivity contribution in [2.45, 2.75) is 40.3 Å². The van der Waals surface area contributed by atoms with Gasteiger partial charge in [-0.1, -0.05) is 32.0 Å². The fourth-order valence-corrected chi connectivity index (χ4v) is 2.22. The summed E-state index contributed by atoms with van der Waals surface area (Å²) in [5, 5.41) is 8.10. The summed E-state index contributed by atoms with van der Waals surface area (Å²) in [6.45, 7) is 9.49. The van der Waals surface area contributed by atoms with Gasteiger partial charge in [0.25, 0.3) is 0 Å². The van der Waals surface area contributed by atoms with Crippen LogP contribution in [0.2, 0.25) is 0 Å². The third-order valence-corrected chi connectivity index (χ3v) is 3.47. The van der Waals surface area contributed by atoms with Crippen LogP contribution < -0.4 is 5.32 Å². The SMILES string of the molecule is Cc1cccc(-c2nn(C)cc2CNC(C)C)c1C. The molecule has 19 heavy (non-hydrogen) atoms. The maximum absolute atomic E-state index is 4.64. The zero-order chi connectivity index (χ0) is 14.0. The number of rotatable bonds is 4. The first-order valence-corrected chi connectivity index (χ1v) is 6.81. The van der Waals surface area contributed by atoms with Gasteiger partial charge in [-0.25, -0.2) is 0 Å². The lowest BCUT2D eigenvalue weighted by molar-refractivity contribution is 0.589.